The van der Waals surface area contributed by atoms with Gasteiger partial charge in [-0.25, -0.2) is 4.79 Å². The topological polar surface area (TPSA) is 41.6 Å². The zero-order valence-electron chi connectivity index (χ0n) is 8.58. The molecule has 0 aliphatic carbocycles. The summed E-state index contributed by atoms with van der Waals surface area (Å²) in [6.07, 6.45) is 3.00. The van der Waals surface area contributed by atoms with Crippen molar-refractivity contribution in [1.29, 1.82) is 0 Å². The fourth-order valence-corrected chi connectivity index (χ4v) is 1.96. The number of rotatable bonds is 0. The molecule has 0 spiro atoms. The Kier molecular flexibility index (Phi) is 4.13. The lowest BCUT2D eigenvalue weighted by Gasteiger charge is -2.34. The predicted molar refractivity (Wildman–Crippen MR) is 58.2 cm³/mol. The van der Waals surface area contributed by atoms with E-state index in [4.69, 9.17) is 12.2 Å². The molecule has 1 heterocycles. The van der Waals surface area contributed by atoms with Crippen molar-refractivity contribution < 1.29 is 9.53 Å². The van der Waals surface area contributed by atoms with Gasteiger partial charge in [-0.2, -0.15) is 0 Å². The molecule has 1 aliphatic rings. The van der Waals surface area contributed by atoms with Crippen LogP contribution in [-0.2, 0) is 4.74 Å². The van der Waals surface area contributed by atoms with Gasteiger partial charge in [-0.1, -0.05) is 0 Å². The maximum Gasteiger partial charge on any atom is 0.413 e. The average Bonchev–Trinajstić information content (AvgIpc) is 2.18. The smallest absolute Gasteiger partial charge is 0.413 e. The van der Waals surface area contributed by atoms with Crippen LogP contribution in [0.3, 0.4) is 0 Å². The van der Waals surface area contributed by atoms with E-state index in [1.54, 1.807) is 0 Å². The molecule has 4 nitrogen and oxygen atoms in total. The molecule has 14 heavy (non-hydrogen) atoms. The van der Waals surface area contributed by atoms with Gasteiger partial charge in [-0.3, -0.25) is 5.32 Å². The largest absolute Gasteiger partial charge is 0.453 e. The van der Waals surface area contributed by atoms with Crippen molar-refractivity contribution in [3.63, 3.8) is 0 Å². The van der Waals surface area contributed by atoms with Gasteiger partial charge in [0.25, 0.3) is 0 Å². The van der Waals surface area contributed by atoms with E-state index in [9.17, 15) is 4.79 Å². The minimum Gasteiger partial charge on any atom is -0.453 e. The van der Waals surface area contributed by atoms with Crippen LogP contribution in [0.1, 0.15) is 26.2 Å². The quantitative estimate of drug-likeness (QED) is 0.623. The molecule has 0 radical (unpaired) electrons. The zero-order valence-corrected chi connectivity index (χ0v) is 9.39. The van der Waals surface area contributed by atoms with Crippen LogP contribution < -0.4 is 5.32 Å². The van der Waals surface area contributed by atoms with Gasteiger partial charge in [0.2, 0.25) is 0 Å². The van der Waals surface area contributed by atoms with Gasteiger partial charge < -0.3 is 9.64 Å². The van der Waals surface area contributed by atoms with E-state index >= 15 is 0 Å². The lowest BCUT2D eigenvalue weighted by molar-refractivity contribution is 0.173. The Morgan fingerprint density at radius 1 is 1.57 bits per heavy atom. The standard InChI is InChI=1S/C9H16N2O2S/c1-7-5-3-4-6-11(7)8(14)10-9(12)13-2/h7H,3-6H2,1-2H3,(H,10,12,14). The number of thiocarbonyl (C=S) groups is 1. The third kappa shape index (κ3) is 2.83. The molecule has 1 fully saturated rings. The average molecular weight is 216 g/mol. The van der Waals surface area contributed by atoms with Crippen molar-refractivity contribution in [1.82, 2.24) is 10.2 Å². The molecular weight excluding hydrogens is 200 g/mol. The first kappa shape index (κ1) is 11.2. The summed E-state index contributed by atoms with van der Waals surface area (Å²) in [6, 6.07) is 0.411. The molecule has 0 saturated carbocycles. The number of ether oxygens (including phenoxy) is 1. The Morgan fingerprint density at radius 2 is 2.29 bits per heavy atom. The third-order valence-corrected chi connectivity index (χ3v) is 2.79. The molecule has 80 valence electrons. The number of carbonyl (C=O) groups is 1. The summed E-state index contributed by atoms with van der Waals surface area (Å²) in [5.41, 5.74) is 0. The highest BCUT2D eigenvalue weighted by Gasteiger charge is 2.21. The molecule has 1 saturated heterocycles. The lowest BCUT2D eigenvalue weighted by Crippen LogP contribution is -2.48. The van der Waals surface area contributed by atoms with Crippen LogP contribution in [0.15, 0.2) is 0 Å². The van der Waals surface area contributed by atoms with Crippen LogP contribution in [0.5, 0.6) is 0 Å². The van der Waals surface area contributed by atoms with E-state index in [1.807, 2.05) is 4.90 Å². The molecule has 5 heteroatoms. The number of hydrogen-bond donors (Lipinski definition) is 1. The molecule has 1 unspecified atom stereocenters. The fourth-order valence-electron chi connectivity index (χ4n) is 1.61. The second-order valence-corrected chi connectivity index (χ2v) is 3.85. The minimum atomic E-state index is -0.493. The lowest BCUT2D eigenvalue weighted by atomic mass is 10.0. The van der Waals surface area contributed by atoms with E-state index in [1.165, 1.54) is 13.5 Å². The van der Waals surface area contributed by atoms with E-state index < -0.39 is 6.09 Å². The number of hydrogen-bond acceptors (Lipinski definition) is 3. The Labute approximate surface area is 89.6 Å². The highest BCUT2D eigenvalue weighted by molar-refractivity contribution is 7.80. The van der Waals surface area contributed by atoms with Crippen molar-refractivity contribution in [2.75, 3.05) is 13.7 Å². The molecule has 0 aromatic rings. The molecule has 0 bridgehead atoms. The van der Waals surface area contributed by atoms with Gasteiger partial charge in [-0.05, 0) is 38.4 Å². The Morgan fingerprint density at radius 3 is 2.86 bits per heavy atom. The van der Waals surface area contributed by atoms with Crippen molar-refractivity contribution in [2.24, 2.45) is 0 Å². The van der Waals surface area contributed by atoms with Crippen molar-refractivity contribution in [2.45, 2.75) is 32.2 Å². The van der Waals surface area contributed by atoms with Crippen LogP contribution in [0.2, 0.25) is 0 Å². The SMILES string of the molecule is COC(=O)NC(=S)N1CCCCC1C. The predicted octanol–water partition coefficient (Wildman–Crippen LogP) is 1.50. The van der Waals surface area contributed by atoms with Gasteiger partial charge in [0.1, 0.15) is 0 Å². The molecule has 1 aliphatic heterocycles. The summed E-state index contributed by atoms with van der Waals surface area (Å²) in [4.78, 5) is 13.0. The van der Waals surface area contributed by atoms with Gasteiger partial charge in [-0.15, -0.1) is 0 Å². The van der Waals surface area contributed by atoms with Crippen LogP contribution in [0.4, 0.5) is 4.79 Å². The van der Waals surface area contributed by atoms with Crippen LogP contribution in [0.25, 0.3) is 0 Å². The first-order valence-electron chi connectivity index (χ1n) is 4.80. The molecule has 1 rings (SSSR count). The zero-order chi connectivity index (χ0) is 10.6. The molecule has 0 aromatic heterocycles. The highest BCUT2D eigenvalue weighted by atomic mass is 32.1. The summed E-state index contributed by atoms with van der Waals surface area (Å²) >= 11 is 5.11. The number of amides is 1. The summed E-state index contributed by atoms with van der Waals surface area (Å²) in [5.74, 6) is 0. The maximum absolute atomic E-state index is 10.9. The van der Waals surface area contributed by atoms with E-state index in [0.29, 0.717) is 11.2 Å². The summed E-state index contributed by atoms with van der Waals surface area (Å²) < 4.78 is 4.48. The monoisotopic (exact) mass is 216 g/mol. The number of nitrogens with zero attached hydrogens (tertiary/aromatic N) is 1. The second-order valence-electron chi connectivity index (χ2n) is 3.46. The number of methoxy groups -OCH3 is 1. The normalized spacial score (nSPS) is 21.6. The molecule has 1 N–H and O–H groups in total. The maximum atomic E-state index is 10.9. The number of likely N-dealkylation sites (tertiary alicyclic amines) is 1. The first-order valence-corrected chi connectivity index (χ1v) is 5.21. The highest BCUT2D eigenvalue weighted by Crippen LogP contribution is 2.16. The molecular formula is C9H16N2O2S. The van der Waals surface area contributed by atoms with Crippen molar-refractivity contribution in [3.8, 4) is 0 Å². The number of carbonyl (C=O) groups excluding carboxylic acids is 1. The van der Waals surface area contributed by atoms with Crippen LogP contribution in [-0.4, -0.2) is 35.8 Å². The Bertz CT molecular complexity index is 233. The minimum absolute atomic E-state index is 0.411. The van der Waals surface area contributed by atoms with E-state index in [-0.39, 0.29) is 0 Å². The van der Waals surface area contributed by atoms with Gasteiger partial charge in [0.15, 0.2) is 5.11 Å². The number of nitrogens with one attached hydrogen (secondary N) is 1. The number of piperidine rings is 1. The first-order chi connectivity index (χ1) is 6.65. The summed E-state index contributed by atoms with van der Waals surface area (Å²) in [5, 5.41) is 3.00. The van der Waals surface area contributed by atoms with E-state index in [2.05, 4.69) is 17.0 Å². The van der Waals surface area contributed by atoms with E-state index in [0.717, 1.165) is 19.4 Å². The van der Waals surface area contributed by atoms with Crippen LogP contribution >= 0.6 is 12.2 Å². The second kappa shape index (κ2) is 5.14. The molecule has 1 amide bonds. The summed E-state index contributed by atoms with van der Waals surface area (Å²) in [7, 11) is 1.33. The molecule has 1 atom stereocenters. The van der Waals surface area contributed by atoms with Crippen molar-refractivity contribution >= 4 is 23.4 Å². The molecule has 0 aromatic carbocycles. The fraction of sp³-hybridized carbons (Fsp3) is 0.778. The van der Waals surface area contributed by atoms with Gasteiger partial charge in [0, 0.05) is 12.6 Å². The van der Waals surface area contributed by atoms with Crippen LogP contribution in [0, 0.1) is 0 Å². The van der Waals surface area contributed by atoms with Gasteiger partial charge >= 0.3 is 6.09 Å². The van der Waals surface area contributed by atoms with Crippen molar-refractivity contribution in [3.05, 3.63) is 0 Å². The van der Waals surface area contributed by atoms with Gasteiger partial charge in [0.05, 0.1) is 7.11 Å². The number of alkyl carbamates (subject to hydrolysis) is 1. The Hall–Kier alpha value is -0.840. The third-order valence-electron chi connectivity index (χ3n) is 2.46. The Balaban J connectivity index is 2.46. The summed E-state index contributed by atoms with van der Waals surface area (Å²) in [6.45, 7) is 3.04.